The minimum absolute atomic E-state index is 0.345. The Morgan fingerprint density at radius 3 is 2.73 bits per heavy atom. The molecule has 0 saturated carbocycles. The van der Waals surface area contributed by atoms with E-state index in [9.17, 15) is 4.79 Å². The van der Waals surface area contributed by atoms with E-state index in [0.717, 1.165) is 6.42 Å². The van der Waals surface area contributed by atoms with Crippen LogP contribution in [0.15, 0.2) is 4.99 Å². The second-order valence-corrected chi connectivity index (χ2v) is 2.99. The standard InChI is InChI=1S/C8H19N5O2/c1-6(7(9)14)12-8(13-10)11-4-3-5-15-2/h6H,3-5,10H2,1-2H3,(H2,9,14)(H2,11,12,13). The number of amides is 1. The number of carbonyl (C=O) groups excluding carboxylic acids is 1. The third-order valence-electron chi connectivity index (χ3n) is 1.69. The maximum atomic E-state index is 10.7. The number of hydrogen-bond acceptors (Lipinski definition) is 4. The highest BCUT2D eigenvalue weighted by molar-refractivity contribution is 5.87. The lowest BCUT2D eigenvalue weighted by molar-refractivity contribution is -0.119. The molecule has 0 aliphatic rings. The zero-order valence-corrected chi connectivity index (χ0v) is 9.12. The Kier molecular flexibility index (Phi) is 7.29. The van der Waals surface area contributed by atoms with Crippen LogP contribution in [-0.2, 0) is 9.53 Å². The Bertz CT molecular complexity index is 219. The molecule has 1 amide bonds. The van der Waals surface area contributed by atoms with Gasteiger partial charge in [-0.3, -0.25) is 15.2 Å². The number of rotatable bonds is 6. The van der Waals surface area contributed by atoms with Crippen LogP contribution in [0.25, 0.3) is 0 Å². The van der Waals surface area contributed by atoms with E-state index in [1.54, 1.807) is 14.0 Å². The molecule has 0 aliphatic heterocycles. The van der Waals surface area contributed by atoms with Gasteiger partial charge in [-0.25, -0.2) is 5.84 Å². The molecule has 0 radical (unpaired) electrons. The summed E-state index contributed by atoms with van der Waals surface area (Å²) in [7, 11) is 1.62. The van der Waals surface area contributed by atoms with Crippen molar-refractivity contribution in [1.82, 2.24) is 10.7 Å². The fraction of sp³-hybridized carbons (Fsp3) is 0.750. The molecule has 0 spiro atoms. The van der Waals surface area contributed by atoms with E-state index in [0.29, 0.717) is 19.1 Å². The summed E-state index contributed by atoms with van der Waals surface area (Å²) >= 11 is 0. The van der Waals surface area contributed by atoms with Crippen molar-refractivity contribution >= 4 is 11.9 Å². The number of aliphatic imine (C=N–C) groups is 1. The van der Waals surface area contributed by atoms with Crippen molar-refractivity contribution in [2.24, 2.45) is 16.6 Å². The van der Waals surface area contributed by atoms with Crippen LogP contribution in [-0.4, -0.2) is 38.2 Å². The summed E-state index contributed by atoms with van der Waals surface area (Å²) in [6.45, 7) is 2.82. The van der Waals surface area contributed by atoms with Crippen LogP contribution in [0.1, 0.15) is 13.3 Å². The number of primary amides is 1. The molecule has 7 nitrogen and oxygen atoms in total. The SMILES string of the molecule is COCCCN=C(NN)NC(C)C(N)=O. The Hall–Kier alpha value is -1.34. The Balaban J connectivity index is 3.94. The van der Waals surface area contributed by atoms with Crippen LogP contribution in [0.4, 0.5) is 0 Å². The molecular weight excluding hydrogens is 198 g/mol. The van der Waals surface area contributed by atoms with E-state index < -0.39 is 11.9 Å². The minimum atomic E-state index is -0.512. The van der Waals surface area contributed by atoms with Gasteiger partial charge in [-0.1, -0.05) is 0 Å². The smallest absolute Gasteiger partial charge is 0.239 e. The van der Waals surface area contributed by atoms with Gasteiger partial charge in [0, 0.05) is 20.3 Å². The average Bonchev–Trinajstić information content (AvgIpc) is 2.22. The first kappa shape index (κ1) is 13.7. The Labute approximate surface area is 89.2 Å². The van der Waals surface area contributed by atoms with Crippen molar-refractivity contribution < 1.29 is 9.53 Å². The van der Waals surface area contributed by atoms with Gasteiger partial charge in [0.15, 0.2) is 0 Å². The number of guanidine groups is 1. The monoisotopic (exact) mass is 217 g/mol. The Morgan fingerprint density at radius 2 is 2.27 bits per heavy atom. The lowest BCUT2D eigenvalue weighted by Gasteiger charge is -2.13. The third kappa shape index (κ3) is 6.69. The van der Waals surface area contributed by atoms with Crippen molar-refractivity contribution in [3.8, 4) is 0 Å². The van der Waals surface area contributed by atoms with Gasteiger partial charge in [-0.2, -0.15) is 0 Å². The van der Waals surface area contributed by atoms with E-state index in [2.05, 4.69) is 15.7 Å². The molecule has 0 saturated heterocycles. The summed E-state index contributed by atoms with van der Waals surface area (Å²) in [4.78, 5) is 14.8. The van der Waals surface area contributed by atoms with Crippen molar-refractivity contribution in [1.29, 1.82) is 0 Å². The fourth-order valence-corrected chi connectivity index (χ4v) is 0.809. The number of nitrogens with one attached hydrogen (secondary N) is 2. The number of ether oxygens (including phenoxy) is 1. The molecule has 1 atom stereocenters. The predicted molar refractivity (Wildman–Crippen MR) is 57.9 cm³/mol. The molecule has 1 unspecified atom stereocenters. The lowest BCUT2D eigenvalue weighted by atomic mass is 10.3. The molecule has 0 heterocycles. The molecule has 0 aromatic heterocycles. The minimum Gasteiger partial charge on any atom is -0.385 e. The second-order valence-electron chi connectivity index (χ2n) is 2.99. The highest BCUT2D eigenvalue weighted by atomic mass is 16.5. The zero-order valence-electron chi connectivity index (χ0n) is 9.12. The van der Waals surface area contributed by atoms with Gasteiger partial charge >= 0.3 is 0 Å². The van der Waals surface area contributed by atoms with E-state index in [1.165, 1.54) is 0 Å². The summed E-state index contributed by atoms with van der Waals surface area (Å²) in [5, 5.41) is 2.74. The fourth-order valence-electron chi connectivity index (χ4n) is 0.809. The van der Waals surface area contributed by atoms with Crippen LogP contribution in [0.2, 0.25) is 0 Å². The predicted octanol–water partition coefficient (Wildman–Crippen LogP) is -1.69. The van der Waals surface area contributed by atoms with Crippen molar-refractivity contribution in [2.45, 2.75) is 19.4 Å². The summed E-state index contributed by atoms with van der Waals surface area (Å²) < 4.78 is 4.86. The first-order chi connectivity index (χ1) is 7.11. The molecule has 88 valence electrons. The molecule has 15 heavy (non-hydrogen) atoms. The highest BCUT2D eigenvalue weighted by Crippen LogP contribution is 1.84. The number of hydrazine groups is 1. The third-order valence-corrected chi connectivity index (χ3v) is 1.69. The van der Waals surface area contributed by atoms with E-state index in [1.807, 2.05) is 0 Å². The van der Waals surface area contributed by atoms with Crippen molar-refractivity contribution in [3.05, 3.63) is 0 Å². The van der Waals surface area contributed by atoms with Crippen molar-refractivity contribution in [3.63, 3.8) is 0 Å². The Morgan fingerprint density at radius 1 is 1.60 bits per heavy atom. The molecule has 0 fully saturated rings. The summed E-state index contributed by atoms with van der Waals surface area (Å²) in [6, 6.07) is -0.512. The first-order valence-corrected chi connectivity index (χ1v) is 4.67. The quantitative estimate of drug-likeness (QED) is 0.139. The van der Waals surface area contributed by atoms with E-state index >= 15 is 0 Å². The van der Waals surface area contributed by atoms with Crippen LogP contribution >= 0.6 is 0 Å². The highest BCUT2D eigenvalue weighted by Gasteiger charge is 2.09. The summed E-state index contributed by atoms with van der Waals surface area (Å²) in [6.07, 6.45) is 0.786. The van der Waals surface area contributed by atoms with Gasteiger partial charge < -0.3 is 15.8 Å². The zero-order chi connectivity index (χ0) is 11.7. The number of nitrogens with two attached hydrogens (primary N) is 2. The van der Waals surface area contributed by atoms with Gasteiger partial charge in [-0.15, -0.1) is 0 Å². The van der Waals surface area contributed by atoms with E-state index in [-0.39, 0.29) is 0 Å². The molecule has 6 N–H and O–H groups in total. The van der Waals surface area contributed by atoms with E-state index in [4.69, 9.17) is 16.3 Å². The summed E-state index contributed by atoms with van der Waals surface area (Å²) in [5.74, 6) is 5.09. The molecule has 0 aromatic rings. The number of carbonyl (C=O) groups is 1. The maximum absolute atomic E-state index is 10.7. The van der Waals surface area contributed by atoms with Crippen LogP contribution in [0.3, 0.4) is 0 Å². The normalized spacial score (nSPS) is 13.4. The molecule has 0 rings (SSSR count). The van der Waals surface area contributed by atoms with Gasteiger partial charge in [0.05, 0.1) is 0 Å². The topological polar surface area (TPSA) is 115 Å². The molecule has 7 heteroatoms. The maximum Gasteiger partial charge on any atom is 0.239 e. The van der Waals surface area contributed by atoms with Crippen molar-refractivity contribution in [2.75, 3.05) is 20.3 Å². The van der Waals surface area contributed by atoms with Gasteiger partial charge in [0.1, 0.15) is 6.04 Å². The van der Waals surface area contributed by atoms with Gasteiger partial charge in [-0.05, 0) is 13.3 Å². The summed E-state index contributed by atoms with van der Waals surface area (Å²) in [5.41, 5.74) is 7.43. The van der Waals surface area contributed by atoms with Gasteiger partial charge in [0.25, 0.3) is 0 Å². The molecule has 0 aliphatic carbocycles. The second kappa shape index (κ2) is 8.01. The number of nitrogens with zero attached hydrogens (tertiary/aromatic N) is 1. The van der Waals surface area contributed by atoms with Gasteiger partial charge in [0.2, 0.25) is 11.9 Å². The number of methoxy groups -OCH3 is 1. The molecule has 0 bridgehead atoms. The van der Waals surface area contributed by atoms with Crippen LogP contribution < -0.4 is 22.3 Å². The number of hydrogen-bond donors (Lipinski definition) is 4. The van der Waals surface area contributed by atoms with Crippen LogP contribution in [0.5, 0.6) is 0 Å². The molecule has 0 aromatic carbocycles. The molecular formula is C8H19N5O2. The average molecular weight is 217 g/mol. The lowest BCUT2D eigenvalue weighted by Crippen LogP contribution is -2.50. The van der Waals surface area contributed by atoms with Crippen LogP contribution in [0, 0.1) is 0 Å². The largest absolute Gasteiger partial charge is 0.385 e. The first-order valence-electron chi connectivity index (χ1n) is 4.67.